The summed E-state index contributed by atoms with van der Waals surface area (Å²) in [6, 6.07) is 0. The van der Waals surface area contributed by atoms with Gasteiger partial charge in [-0.1, -0.05) is 23.2 Å². The van der Waals surface area contributed by atoms with Gasteiger partial charge in [-0.25, -0.2) is 0 Å². The van der Waals surface area contributed by atoms with Crippen molar-refractivity contribution in [2.24, 2.45) is 0 Å². The van der Waals surface area contributed by atoms with Crippen LogP contribution in [0.5, 0.6) is 0 Å². The highest BCUT2D eigenvalue weighted by Crippen LogP contribution is 2.42. The molecule has 0 amide bonds. The Balaban J connectivity index is 0. The Bertz CT molecular complexity index is 133. The molecular weight excluding hydrogens is 239 g/mol. The van der Waals surface area contributed by atoms with Crippen molar-refractivity contribution < 1.29 is 18.0 Å². The average Bonchev–Trinajstić information content (AvgIpc) is 1.55. The number of alkyl halides is 6. The van der Waals surface area contributed by atoms with Gasteiger partial charge in [-0.05, 0) is 25.4 Å². The van der Waals surface area contributed by atoms with Crippen LogP contribution in [0.3, 0.4) is 0 Å². The zero-order valence-electron chi connectivity index (χ0n) is 6.18. The molecule has 0 aromatic rings. The van der Waals surface area contributed by atoms with Crippen molar-refractivity contribution >= 4 is 40.6 Å². The van der Waals surface area contributed by atoms with E-state index in [2.05, 4.69) is 34.8 Å². The predicted octanol–water partition coefficient (Wildman–Crippen LogP) is 3.51. The molecule has 0 aliphatic carbocycles. The molecule has 74 valence electrons. The fourth-order valence-electron chi connectivity index (χ4n) is 0. The van der Waals surface area contributed by atoms with E-state index in [0.29, 0.717) is 0 Å². The van der Waals surface area contributed by atoms with E-state index in [4.69, 9.17) is 0 Å². The van der Waals surface area contributed by atoms with Gasteiger partial charge in [-0.2, -0.15) is 13.2 Å². The topological polar surface area (TPSA) is 17.1 Å². The number of carbonyl (C=O) groups is 1. The van der Waals surface area contributed by atoms with Crippen molar-refractivity contribution in [1.82, 2.24) is 0 Å². The van der Waals surface area contributed by atoms with Gasteiger partial charge in [0.2, 0.25) is 0 Å². The van der Waals surface area contributed by atoms with Crippen LogP contribution in [0.25, 0.3) is 0 Å². The number of carbonyl (C=O) groups excluding carboxylic acids is 1. The van der Waals surface area contributed by atoms with Gasteiger partial charge >= 0.3 is 9.97 Å². The minimum atomic E-state index is -4.23. The molecule has 0 aliphatic rings. The molecule has 0 fully saturated rings. The summed E-state index contributed by atoms with van der Waals surface area (Å²) < 4.78 is 30.6. The van der Waals surface area contributed by atoms with Crippen LogP contribution in [-0.4, -0.2) is 15.8 Å². The fraction of sp³-hybridized carbons (Fsp3) is 0.800. The average molecular weight is 245 g/mol. The SMILES string of the molecule is CC(C)=O.FC(F)(Cl)C(F)(Cl)Cl. The van der Waals surface area contributed by atoms with Gasteiger partial charge in [0.05, 0.1) is 0 Å². The Hall–Kier alpha value is 0.330. The molecule has 0 N–H and O–H groups in total. The molecule has 12 heavy (non-hydrogen) atoms. The van der Waals surface area contributed by atoms with Crippen LogP contribution in [0.15, 0.2) is 0 Å². The number of rotatable bonds is 1. The second-order valence-corrected chi connectivity index (χ2v) is 3.61. The van der Waals surface area contributed by atoms with Crippen molar-refractivity contribution in [1.29, 1.82) is 0 Å². The van der Waals surface area contributed by atoms with Gasteiger partial charge in [-0.15, -0.1) is 0 Å². The largest absolute Gasteiger partial charge is 0.383 e. The van der Waals surface area contributed by atoms with Crippen LogP contribution in [-0.2, 0) is 4.79 Å². The van der Waals surface area contributed by atoms with E-state index >= 15 is 0 Å². The van der Waals surface area contributed by atoms with Crippen LogP contribution >= 0.6 is 34.8 Å². The molecule has 0 aromatic carbocycles. The normalized spacial score (nSPS) is 11.7. The summed E-state index contributed by atoms with van der Waals surface area (Å²) in [6.45, 7) is 3.06. The maximum atomic E-state index is 11.5. The maximum absolute atomic E-state index is 11.5. The number of halogens is 6. The van der Waals surface area contributed by atoms with E-state index in [1.54, 1.807) is 0 Å². The predicted molar refractivity (Wildman–Crippen MR) is 42.7 cm³/mol. The van der Waals surface area contributed by atoms with Crippen molar-refractivity contribution in [3.8, 4) is 0 Å². The molecule has 0 unspecified atom stereocenters. The summed E-state index contributed by atoms with van der Waals surface area (Å²) in [5, 5.41) is -4.23. The Morgan fingerprint density at radius 2 is 1.17 bits per heavy atom. The monoisotopic (exact) mass is 244 g/mol. The molecule has 0 radical (unpaired) electrons. The van der Waals surface area contributed by atoms with Crippen LogP contribution in [0.1, 0.15) is 13.8 Å². The van der Waals surface area contributed by atoms with E-state index in [9.17, 15) is 18.0 Å². The summed E-state index contributed by atoms with van der Waals surface area (Å²) in [7, 11) is 0. The molecule has 0 heterocycles. The van der Waals surface area contributed by atoms with E-state index < -0.39 is 9.97 Å². The van der Waals surface area contributed by atoms with Gasteiger partial charge in [0.15, 0.2) is 0 Å². The first-order valence-electron chi connectivity index (χ1n) is 2.59. The molecule has 1 nitrogen and oxygen atoms in total. The van der Waals surface area contributed by atoms with Crippen molar-refractivity contribution in [2.75, 3.05) is 0 Å². The van der Waals surface area contributed by atoms with Crippen molar-refractivity contribution in [3.63, 3.8) is 0 Å². The van der Waals surface area contributed by atoms with Crippen LogP contribution in [0.4, 0.5) is 13.2 Å². The lowest BCUT2D eigenvalue weighted by Crippen LogP contribution is -2.27. The first-order chi connectivity index (χ1) is 4.98. The van der Waals surface area contributed by atoms with Gasteiger partial charge in [0.1, 0.15) is 5.78 Å². The summed E-state index contributed by atoms with van der Waals surface area (Å²) in [5.41, 5.74) is 0. The molecule has 0 atom stereocenters. The minimum Gasteiger partial charge on any atom is -0.300 e. The molecule has 0 aromatic heterocycles. The van der Waals surface area contributed by atoms with Crippen LogP contribution in [0.2, 0.25) is 0 Å². The zero-order chi connectivity index (χ0) is 10.6. The Labute approximate surface area is 82.8 Å². The summed E-state index contributed by atoms with van der Waals surface area (Å²) >= 11 is 12.5. The molecule has 0 saturated heterocycles. The summed E-state index contributed by atoms with van der Waals surface area (Å²) in [6.07, 6.45) is 0. The second-order valence-electron chi connectivity index (χ2n) is 1.90. The van der Waals surface area contributed by atoms with E-state index in [1.165, 1.54) is 13.8 Å². The quantitative estimate of drug-likeness (QED) is 0.646. The first kappa shape index (κ1) is 14.8. The lowest BCUT2D eigenvalue weighted by atomic mass is 10.6. The molecule has 7 heteroatoms. The van der Waals surface area contributed by atoms with Gasteiger partial charge in [-0.3, -0.25) is 0 Å². The lowest BCUT2D eigenvalue weighted by Gasteiger charge is -2.13. The molecule has 0 rings (SSSR count). The van der Waals surface area contributed by atoms with Crippen LogP contribution < -0.4 is 0 Å². The smallest absolute Gasteiger partial charge is 0.300 e. The van der Waals surface area contributed by atoms with Crippen molar-refractivity contribution in [2.45, 2.75) is 23.8 Å². The van der Waals surface area contributed by atoms with E-state index in [1.807, 2.05) is 0 Å². The highest BCUT2D eigenvalue weighted by Gasteiger charge is 2.51. The third-order valence-electron chi connectivity index (χ3n) is 0.321. The van der Waals surface area contributed by atoms with Gasteiger partial charge in [0.25, 0.3) is 0 Å². The van der Waals surface area contributed by atoms with E-state index in [-0.39, 0.29) is 5.78 Å². The van der Waals surface area contributed by atoms with Gasteiger partial charge < -0.3 is 4.79 Å². The molecule has 0 spiro atoms. The zero-order valence-corrected chi connectivity index (χ0v) is 8.44. The number of Topliss-reactive ketones (excluding diaryl/α,β-unsaturated/α-hetero) is 1. The minimum absolute atomic E-state index is 0.167. The number of hydrogen-bond donors (Lipinski definition) is 0. The summed E-state index contributed by atoms with van der Waals surface area (Å²) in [4.78, 5) is 9.44. The summed E-state index contributed by atoms with van der Waals surface area (Å²) in [5.74, 6) is 0.167. The molecule has 0 aliphatic heterocycles. The number of hydrogen-bond acceptors (Lipinski definition) is 1. The number of ketones is 1. The first-order valence-corrected chi connectivity index (χ1v) is 3.72. The molecule has 0 saturated carbocycles. The molecular formula is C5H6Cl3F3O. The van der Waals surface area contributed by atoms with E-state index in [0.717, 1.165) is 0 Å². The highest BCUT2D eigenvalue weighted by molar-refractivity contribution is 6.51. The third kappa shape index (κ3) is 10.3. The highest BCUT2D eigenvalue weighted by atomic mass is 35.5. The van der Waals surface area contributed by atoms with Crippen molar-refractivity contribution in [3.05, 3.63) is 0 Å². The third-order valence-corrected chi connectivity index (χ3v) is 1.25. The van der Waals surface area contributed by atoms with Gasteiger partial charge in [0, 0.05) is 0 Å². The Morgan fingerprint density at radius 3 is 1.17 bits per heavy atom. The Kier molecular flexibility index (Phi) is 6.36. The molecule has 0 bridgehead atoms. The Morgan fingerprint density at radius 1 is 1.08 bits per heavy atom. The fourth-order valence-corrected chi connectivity index (χ4v) is 0. The second kappa shape index (κ2) is 5.14. The lowest BCUT2D eigenvalue weighted by molar-refractivity contribution is -0.114. The maximum Gasteiger partial charge on any atom is 0.383 e. The standard InChI is InChI=1S/C3H6O.C2Cl3F3/c1-3(2)4;3-1(4,6)2(5,7)8/h1-2H3;. The van der Waals surface area contributed by atoms with Crippen LogP contribution in [0, 0.1) is 0 Å².